The van der Waals surface area contributed by atoms with Crippen molar-refractivity contribution in [3.63, 3.8) is 0 Å². The minimum Gasteiger partial charge on any atom is -0.322 e. The van der Waals surface area contributed by atoms with Crippen molar-refractivity contribution in [1.82, 2.24) is 4.31 Å². The van der Waals surface area contributed by atoms with Crippen molar-refractivity contribution >= 4 is 32.4 Å². The van der Waals surface area contributed by atoms with Crippen LogP contribution < -0.4 is 5.32 Å². The summed E-state index contributed by atoms with van der Waals surface area (Å²) >= 11 is 0. The zero-order valence-corrected chi connectivity index (χ0v) is 16.6. The Morgan fingerprint density at radius 3 is 2.35 bits per heavy atom. The molecule has 0 aliphatic carbocycles. The molecule has 0 aliphatic heterocycles. The van der Waals surface area contributed by atoms with Gasteiger partial charge in [-0.15, -0.1) is 0 Å². The highest BCUT2D eigenvalue weighted by atomic mass is 32.2. The summed E-state index contributed by atoms with van der Waals surface area (Å²) in [4.78, 5) is 13.2. The molecule has 6 nitrogen and oxygen atoms in total. The second-order valence-electron chi connectivity index (χ2n) is 5.55. The van der Waals surface area contributed by atoms with Crippen LogP contribution >= 0.6 is 0 Å². The Labute approximate surface area is 156 Å². The maximum absolute atomic E-state index is 12.6. The highest BCUT2D eigenvalue weighted by Gasteiger charge is 2.22. The molecular weight excluding hydrogens is 372 g/mol. The Morgan fingerprint density at radius 2 is 1.73 bits per heavy atom. The van der Waals surface area contributed by atoms with Gasteiger partial charge in [-0.25, -0.2) is 8.42 Å². The van der Waals surface area contributed by atoms with Crippen LogP contribution in [0.1, 0.15) is 24.2 Å². The molecule has 26 heavy (non-hydrogen) atoms. The molecule has 0 heterocycles. The van der Waals surface area contributed by atoms with Gasteiger partial charge in [0, 0.05) is 46.3 Å². The van der Waals surface area contributed by atoms with Crippen LogP contribution in [0.4, 0.5) is 5.69 Å². The van der Waals surface area contributed by atoms with Gasteiger partial charge in [0.05, 0.1) is 4.90 Å². The lowest BCUT2D eigenvalue weighted by molar-refractivity contribution is 0.102. The molecule has 1 N–H and O–H groups in total. The predicted molar refractivity (Wildman–Crippen MR) is 103 cm³/mol. The first-order valence-corrected chi connectivity index (χ1v) is 11.1. The van der Waals surface area contributed by atoms with E-state index in [4.69, 9.17) is 0 Å². The molecule has 140 valence electrons. The Hall–Kier alpha value is -2.03. The van der Waals surface area contributed by atoms with Crippen molar-refractivity contribution in [1.29, 1.82) is 0 Å². The fraction of sp³-hybridized carbons (Fsp3) is 0.278. The van der Waals surface area contributed by atoms with E-state index in [9.17, 15) is 17.4 Å². The summed E-state index contributed by atoms with van der Waals surface area (Å²) in [7, 11) is -4.79. The smallest absolute Gasteiger partial charge is 0.255 e. The standard InChI is InChI=1S/C18H22N2O4S2/c1-4-20(5-2)26(23,24)17-11-6-8-14(12-17)18(21)19-15-9-7-10-16(13-15)25(3)22/h6-13H,4-5H2,1-3H3,(H,19,21). The van der Waals surface area contributed by atoms with E-state index in [1.807, 2.05) is 0 Å². The number of benzene rings is 2. The Bertz CT molecular complexity index is 922. The van der Waals surface area contributed by atoms with Crippen molar-refractivity contribution in [2.75, 3.05) is 24.7 Å². The normalized spacial score (nSPS) is 12.8. The molecule has 0 fully saturated rings. The first kappa shape index (κ1) is 20.3. The number of carbonyl (C=O) groups is 1. The zero-order valence-electron chi connectivity index (χ0n) is 14.9. The minimum absolute atomic E-state index is 0.0808. The van der Waals surface area contributed by atoms with E-state index in [2.05, 4.69) is 5.32 Å². The molecule has 1 atom stereocenters. The van der Waals surface area contributed by atoms with Crippen LogP contribution in [-0.4, -0.2) is 42.2 Å². The van der Waals surface area contributed by atoms with E-state index in [0.29, 0.717) is 23.7 Å². The highest BCUT2D eigenvalue weighted by molar-refractivity contribution is 7.89. The molecule has 1 unspecified atom stereocenters. The van der Waals surface area contributed by atoms with E-state index in [0.717, 1.165) is 0 Å². The molecule has 2 aromatic carbocycles. The molecule has 0 aliphatic rings. The lowest BCUT2D eigenvalue weighted by atomic mass is 10.2. The number of sulfonamides is 1. The Morgan fingerprint density at radius 1 is 1.08 bits per heavy atom. The van der Waals surface area contributed by atoms with Gasteiger partial charge in [0.1, 0.15) is 0 Å². The summed E-state index contributed by atoms with van der Waals surface area (Å²) < 4.78 is 38.1. The highest BCUT2D eigenvalue weighted by Crippen LogP contribution is 2.19. The zero-order chi connectivity index (χ0) is 19.3. The molecule has 0 spiro atoms. The quantitative estimate of drug-likeness (QED) is 0.783. The van der Waals surface area contributed by atoms with Gasteiger partial charge in [-0.3, -0.25) is 9.00 Å². The fourth-order valence-electron chi connectivity index (χ4n) is 2.47. The van der Waals surface area contributed by atoms with Crippen LogP contribution in [0, 0.1) is 0 Å². The second kappa shape index (κ2) is 8.57. The molecule has 0 radical (unpaired) electrons. The Balaban J connectivity index is 2.29. The molecule has 1 amide bonds. The molecule has 2 aromatic rings. The summed E-state index contributed by atoms with van der Waals surface area (Å²) in [5.74, 6) is -0.430. The second-order valence-corrected chi connectivity index (χ2v) is 8.87. The lowest BCUT2D eigenvalue weighted by Gasteiger charge is -2.18. The van der Waals surface area contributed by atoms with E-state index < -0.39 is 26.7 Å². The van der Waals surface area contributed by atoms with Crippen molar-refractivity contribution in [2.45, 2.75) is 23.6 Å². The van der Waals surface area contributed by atoms with Gasteiger partial charge in [-0.05, 0) is 36.4 Å². The van der Waals surface area contributed by atoms with Gasteiger partial charge in [0.15, 0.2) is 0 Å². The van der Waals surface area contributed by atoms with Crippen LogP contribution in [0.25, 0.3) is 0 Å². The van der Waals surface area contributed by atoms with Crippen LogP contribution in [0.2, 0.25) is 0 Å². The summed E-state index contributed by atoms with van der Waals surface area (Å²) in [6.45, 7) is 4.25. The van der Waals surface area contributed by atoms with Gasteiger partial charge in [0.2, 0.25) is 10.0 Å². The SMILES string of the molecule is CCN(CC)S(=O)(=O)c1cccc(C(=O)Nc2cccc(S(C)=O)c2)c1. The molecule has 0 bridgehead atoms. The van der Waals surface area contributed by atoms with E-state index >= 15 is 0 Å². The third-order valence-corrected chi connectivity index (χ3v) is 6.83. The fourth-order valence-corrected chi connectivity index (χ4v) is 4.53. The van der Waals surface area contributed by atoms with Crippen molar-refractivity contribution < 1.29 is 17.4 Å². The molecule has 2 rings (SSSR count). The number of hydrogen-bond donors (Lipinski definition) is 1. The Kier molecular flexibility index (Phi) is 6.69. The third kappa shape index (κ3) is 4.57. The average molecular weight is 395 g/mol. The summed E-state index contributed by atoms with van der Waals surface area (Å²) in [6.07, 6.45) is 1.56. The van der Waals surface area contributed by atoms with Gasteiger partial charge in [-0.2, -0.15) is 4.31 Å². The number of carbonyl (C=O) groups excluding carboxylic acids is 1. The van der Waals surface area contributed by atoms with Crippen molar-refractivity contribution in [3.05, 3.63) is 54.1 Å². The van der Waals surface area contributed by atoms with Gasteiger partial charge in [0.25, 0.3) is 5.91 Å². The van der Waals surface area contributed by atoms with Crippen molar-refractivity contribution in [2.24, 2.45) is 0 Å². The van der Waals surface area contributed by atoms with E-state index in [1.54, 1.807) is 56.5 Å². The van der Waals surface area contributed by atoms with Crippen LogP contribution in [0.3, 0.4) is 0 Å². The topological polar surface area (TPSA) is 83.6 Å². The maximum Gasteiger partial charge on any atom is 0.255 e. The molecule has 0 aromatic heterocycles. The largest absolute Gasteiger partial charge is 0.322 e. The average Bonchev–Trinajstić information content (AvgIpc) is 2.62. The van der Waals surface area contributed by atoms with Crippen molar-refractivity contribution in [3.8, 4) is 0 Å². The maximum atomic E-state index is 12.6. The number of hydrogen-bond acceptors (Lipinski definition) is 4. The molecule has 0 saturated heterocycles. The first-order valence-electron chi connectivity index (χ1n) is 8.14. The van der Waals surface area contributed by atoms with Gasteiger partial charge in [-0.1, -0.05) is 26.0 Å². The monoisotopic (exact) mass is 394 g/mol. The van der Waals surface area contributed by atoms with E-state index in [-0.39, 0.29) is 10.5 Å². The first-order chi connectivity index (χ1) is 12.3. The van der Waals surface area contributed by atoms with Gasteiger partial charge < -0.3 is 5.32 Å². The summed E-state index contributed by atoms with van der Waals surface area (Å²) in [5.41, 5.74) is 0.737. The molecular formula is C18H22N2O4S2. The lowest BCUT2D eigenvalue weighted by Crippen LogP contribution is -2.30. The molecule has 0 saturated carbocycles. The number of amides is 1. The summed E-state index contributed by atoms with van der Waals surface area (Å²) in [5, 5.41) is 2.71. The van der Waals surface area contributed by atoms with Crippen LogP contribution in [0.15, 0.2) is 58.3 Å². The number of nitrogens with zero attached hydrogens (tertiary/aromatic N) is 1. The number of nitrogens with one attached hydrogen (secondary N) is 1. The third-order valence-electron chi connectivity index (χ3n) is 3.86. The van der Waals surface area contributed by atoms with Gasteiger partial charge >= 0.3 is 0 Å². The van der Waals surface area contributed by atoms with Crippen LogP contribution in [-0.2, 0) is 20.8 Å². The molecule has 8 heteroatoms. The predicted octanol–water partition coefficient (Wildman–Crippen LogP) is 2.71. The van der Waals surface area contributed by atoms with E-state index in [1.165, 1.54) is 16.4 Å². The van der Waals surface area contributed by atoms with Crippen LogP contribution in [0.5, 0.6) is 0 Å². The number of anilines is 1. The minimum atomic E-state index is -3.63. The number of rotatable bonds is 7. The summed E-state index contributed by atoms with van der Waals surface area (Å²) in [6, 6.07) is 12.7.